The van der Waals surface area contributed by atoms with Gasteiger partial charge in [-0.3, -0.25) is 9.59 Å². The van der Waals surface area contributed by atoms with E-state index >= 15 is 0 Å². The molecule has 0 spiro atoms. The summed E-state index contributed by atoms with van der Waals surface area (Å²) in [6.45, 7) is 7.19. The van der Waals surface area contributed by atoms with Crippen LogP contribution in [0, 0.1) is 5.92 Å². The van der Waals surface area contributed by atoms with E-state index in [1.807, 2.05) is 0 Å². The van der Waals surface area contributed by atoms with Crippen molar-refractivity contribution in [2.45, 2.75) is 65.9 Å². The summed E-state index contributed by atoms with van der Waals surface area (Å²) < 4.78 is 5.07. The summed E-state index contributed by atoms with van der Waals surface area (Å²) in [5.41, 5.74) is 0. The van der Waals surface area contributed by atoms with Gasteiger partial charge in [0, 0.05) is 0 Å². The van der Waals surface area contributed by atoms with E-state index in [0.717, 1.165) is 25.7 Å². The van der Waals surface area contributed by atoms with Crippen LogP contribution in [0.4, 0.5) is 0 Å². The van der Waals surface area contributed by atoms with Gasteiger partial charge in [0.25, 0.3) is 0 Å². The molecule has 1 unspecified atom stereocenters. The van der Waals surface area contributed by atoms with Crippen molar-refractivity contribution in [3.8, 4) is 0 Å². The molecule has 1 atom stereocenters. The average Bonchev–Trinajstić information content (AvgIpc) is 2.15. The molecule has 0 saturated carbocycles. The van der Waals surface area contributed by atoms with Crippen LogP contribution in [0.15, 0.2) is 0 Å². The molecule has 0 aromatic heterocycles. The molecule has 16 heavy (non-hydrogen) atoms. The molecule has 0 radical (unpaired) electrons. The molecule has 0 aliphatic heterocycles. The van der Waals surface area contributed by atoms with Gasteiger partial charge < -0.3 is 4.74 Å². The number of ketones is 1. The lowest BCUT2D eigenvalue weighted by Gasteiger charge is -2.15. The van der Waals surface area contributed by atoms with E-state index in [1.54, 1.807) is 13.8 Å². The highest BCUT2D eigenvalue weighted by Gasteiger charge is 2.24. The Hall–Kier alpha value is -0.860. The molecule has 0 N–H and O–H groups in total. The van der Waals surface area contributed by atoms with Gasteiger partial charge in [0.15, 0.2) is 0 Å². The molecular weight excluding hydrogens is 204 g/mol. The Bertz CT molecular complexity index is 221. The second-order valence-corrected chi connectivity index (χ2v) is 4.50. The Morgan fingerprint density at radius 3 is 2.19 bits per heavy atom. The van der Waals surface area contributed by atoms with Crippen molar-refractivity contribution < 1.29 is 14.3 Å². The molecule has 0 rings (SSSR count). The zero-order chi connectivity index (χ0) is 12.6. The van der Waals surface area contributed by atoms with E-state index in [2.05, 4.69) is 6.92 Å². The predicted molar refractivity (Wildman–Crippen MR) is 64.2 cm³/mol. The Morgan fingerprint density at radius 2 is 1.75 bits per heavy atom. The molecule has 0 saturated heterocycles. The van der Waals surface area contributed by atoms with Crippen LogP contribution in [0.5, 0.6) is 0 Å². The van der Waals surface area contributed by atoms with E-state index < -0.39 is 5.92 Å². The minimum Gasteiger partial charge on any atom is -0.462 e. The van der Waals surface area contributed by atoms with Crippen LogP contribution >= 0.6 is 0 Å². The van der Waals surface area contributed by atoms with Gasteiger partial charge in [0.2, 0.25) is 0 Å². The minimum atomic E-state index is -0.556. The topological polar surface area (TPSA) is 43.4 Å². The SMILES string of the molecule is CCCCCCC(C(C)=O)C(=O)OC(C)C. The molecule has 0 fully saturated rings. The number of Topliss-reactive ketones (excluding diaryl/α,β-unsaturated/α-hetero) is 1. The number of hydrogen-bond donors (Lipinski definition) is 0. The van der Waals surface area contributed by atoms with Crippen LogP contribution < -0.4 is 0 Å². The molecular formula is C13H24O3. The Kier molecular flexibility index (Phi) is 7.86. The molecule has 0 bridgehead atoms. The second-order valence-electron chi connectivity index (χ2n) is 4.50. The quantitative estimate of drug-likeness (QED) is 0.364. The van der Waals surface area contributed by atoms with E-state index in [0.29, 0.717) is 6.42 Å². The summed E-state index contributed by atoms with van der Waals surface area (Å²) in [6.07, 6.45) is 4.79. The molecule has 0 aliphatic carbocycles. The van der Waals surface area contributed by atoms with E-state index in [4.69, 9.17) is 4.74 Å². The van der Waals surface area contributed by atoms with Gasteiger partial charge in [-0.1, -0.05) is 32.6 Å². The maximum atomic E-state index is 11.6. The first-order valence-corrected chi connectivity index (χ1v) is 6.20. The molecule has 3 nitrogen and oxygen atoms in total. The van der Waals surface area contributed by atoms with Gasteiger partial charge in [-0.25, -0.2) is 0 Å². The largest absolute Gasteiger partial charge is 0.462 e. The summed E-state index contributed by atoms with van der Waals surface area (Å²) in [5.74, 6) is -1.000. The lowest BCUT2D eigenvalue weighted by Crippen LogP contribution is -2.26. The first-order valence-electron chi connectivity index (χ1n) is 6.20. The highest BCUT2D eigenvalue weighted by molar-refractivity contribution is 5.97. The number of carbonyl (C=O) groups excluding carboxylic acids is 2. The van der Waals surface area contributed by atoms with Crippen LogP contribution in [0.2, 0.25) is 0 Å². The molecule has 0 aromatic carbocycles. The van der Waals surface area contributed by atoms with E-state index in [1.165, 1.54) is 6.92 Å². The zero-order valence-electron chi connectivity index (χ0n) is 10.9. The maximum absolute atomic E-state index is 11.6. The van der Waals surface area contributed by atoms with Crippen LogP contribution in [0.3, 0.4) is 0 Å². The number of rotatable bonds is 8. The first kappa shape index (κ1) is 15.1. The standard InChI is InChI=1S/C13H24O3/c1-5-6-7-8-9-12(11(4)14)13(15)16-10(2)3/h10,12H,5-9H2,1-4H3. The van der Waals surface area contributed by atoms with Crippen molar-refractivity contribution in [1.29, 1.82) is 0 Å². The maximum Gasteiger partial charge on any atom is 0.316 e. The smallest absolute Gasteiger partial charge is 0.316 e. The van der Waals surface area contributed by atoms with Crippen molar-refractivity contribution in [2.24, 2.45) is 5.92 Å². The average molecular weight is 228 g/mol. The third-order valence-corrected chi connectivity index (χ3v) is 2.47. The van der Waals surface area contributed by atoms with Gasteiger partial charge in [-0.15, -0.1) is 0 Å². The summed E-state index contributed by atoms with van der Waals surface area (Å²) >= 11 is 0. The Balaban J connectivity index is 4.06. The van der Waals surface area contributed by atoms with Crippen molar-refractivity contribution in [3.05, 3.63) is 0 Å². The number of esters is 1. The third-order valence-electron chi connectivity index (χ3n) is 2.47. The highest BCUT2D eigenvalue weighted by Crippen LogP contribution is 2.14. The van der Waals surface area contributed by atoms with Crippen molar-refractivity contribution >= 4 is 11.8 Å². The van der Waals surface area contributed by atoms with Crippen LogP contribution in [0.1, 0.15) is 59.8 Å². The normalized spacial score (nSPS) is 12.6. The van der Waals surface area contributed by atoms with Gasteiger partial charge in [0.05, 0.1) is 6.10 Å². The first-order chi connectivity index (χ1) is 7.49. The fraction of sp³-hybridized carbons (Fsp3) is 0.846. The van der Waals surface area contributed by atoms with Gasteiger partial charge in [-0.05, 0) is 27.2 Å². The van der Waals surface area contributed by atoms with Gasteiger partial charge in [0.1, 0.15) is 11.7 Å². The van der Waals surface area contributed by atoms with Gasteiger partial charge in [-0.2, -0.15) is 0 Å². The number of carbonyl (C=O) groups is 2. The van der Waals surface area contributed by atoms with E-state index in [9.17, 15) is 9.59 Å². The van der Waals surface area contributed by atoms with Crippen LogP contribution in [-0.4, -0.2) is 17.9 Å². The summed E-state index contributed by atoms with van der Waals surface area (Å²) in [7, 11) is 0. The molecule has 0 amide bonds. The van der Waals surface area contributed by atoms with Crippen molar-refractivity contribution in [2.75, 3.05) is 0 Å². The lowest BCUT2D eigenvalue weighted by molar-refractivity contribution is -0.155. The third kappa shape index (κ3) is 6.59. The fourth-order valence-electron chi connectivity index (χ4n) is 1.58. The molecule has 0 aliphatic rings. The molecule has 0 heterocycles. The minimum absolute atomic E-state index is 0.0813. The predicted octanol–water partition coefficient (Wildman–Crippen LogP) is 3.11. The monoisotopic (exact) mass is 228 g/mol. The summed E-state index contributed by atoms with van der Waals surface area (Å²) in [5, 5.41) is 0. The van der Waals surface area contributed by atoms with Crippen molar-refractivity contribution in [3.63, 3.8) is 0 Å². The van der Waals surface area contributed by atoms with Crippen LogP contribution in [0.25, 0.3) is 0 Å². The zero-order valence-corrected chi connectivity index (χ0v) is 10.9. The fourth-order valence-corrected chi connectivity index (χ4v) is 1.58. The lowest BCUT2D eigenvalue weighted by atomic mass is 9.97. The van der Waals surface area contributed by atoms with Crippen LogP contribution in [-0.2, 0) is 14.3 Å². The number of hydrogen-bond acceptors (Lipinski definition) is 3. The Labute approximate surface area is 98.6 Å². The van der Waals surface area contributed by atoms with Crippen molar-refractivity contribution in [1.82, 2.24) is 0 Å². The second kappa shape index (κ2) is 8.31. The Morgan fingerprint density at radius 1 is 1.12 bits per heavy atom. The number of ether oxygens (including phenoxy) is 1. The number of unbranched alkanes of at least 4 members (excludes halogenated alkanes) is 3. The summed E-state index contributed by atoms with van der Waals surface area (Å²) in [4.78, 5) is 22.9. The summed E-state index contributed by atoms with van der Waals surface area (Å²) in [6, 6.07) is 0. The van der Waals surface area contributed by atoms with Gasteiger partial charge >= 0.3 is 5.97 Å². The molecule has 0 aromatic rings. The van der Waals surface area contributed by atoms with E-state index in [-0.39, 0.29) is 17.9 Å². The molecule has 94 valence electrons. The molecule has 3 heteroatoms. The highest BCUT2D eigenvalue weighted by atomic mass is 16.5.